The summed E-state index contributed by atoms with van der Waals surface area (Å²) in [4.78, 5) is 27.7. The zero-order valence-corrected chi connectivity index (χ0v) is 21.3. The van der Waals surface area contributed by atoms with Crippen molar-refractivity contribution in [2.75, 3.05) is 18.2 Å². The molecule has 3 aromatic carbocycles. The molecule has 9 heteroatoms. The second-order valence-electron chi connectivity index (χ2n) is 10.6. The molecular formula is C31H24F3N3O3. The minimum Gasteiger partial charge on any atom is -0.502 e. The largest absolute Gasteiger partial charge is 0.502 e. The minimum atomic E-state index is -1.01. The molecule has 1 amide bonds. The van der Waals surface area contributed by atoms with Gasteiger partial charge in [-0.2, -0.15) is 0 Å². The van der Waals surface area contributed by atoms with E-state index in [1.165, 1.54) is 34.0 Å². The van der Waals surface area contributed by atoms with E-state index in [9.17, 15) is 23.5 Å². The van der Waals surface area contributed by atoms with Crippen LogP contribution >= 0.6 is 0 Å². The second-order valence-corrected chi connectivity index (χ2v) is 10.6. The number of rotatable bonds is 4. The molecule has 0 spiro atoms. The number of aromatic nitrogens is 1. The lowest BCUT2D eigenvalue weighted by Gasteiger charge is -2.50. The first-order valence-corrected chi connectivity index (χ1v) is 13.1. The topological polar surface area (TPSA) is 65.8 Å². The number of nitrogens with zero attached hydrogens (tertiary/aromatic N) is 3. The Morgan fingerprint density at radius 2 is 1.75 bits per heavy atom. The lowest BCUT2D eigenvalue weighted by Crippen LogP contribution is -2.63. The number of carbonyl (C=O) groups excluding carboxylic acids is 1. The molecule has 0 radical (unpaired) electrons. The van der Waals surface area contributed by atoms with Crippen LogP contribution in [0, 0.1) is 23.4 Å². The van der Waals surface area contributed by atoms with Crippen molar-refractivity contribution in [1.29, 1.82) is 0 Å². The molecule has 2 atom stereocenters. The van der Waals surface area contributed by atoms with Gasteiger partial charge in [0.15, 0.2) is 23.1 Å². The van der Waals surface area contributed by atoms with E-state index < -0.39 is 34.3 Å². The van der Waals surface area contributed by atoms with Crippen molar-refractivity contribution >= 4 is 5.91 Å². The van der Waals surface area contributed by atoms with Gasteiger partial charge in [-0.3, -0.25) is 19.3 Å². The highest BCUT2D eigenvalue weighted by Crippen LogP contribution is 2.57. The summed E-state index contributed by atoms with van der Waals surface area (Å²) in [6.45, 7) is 0.209. The molecule has 0 saturated carbocycles. The lowest BCUT2D eigenvalue weighted by molar-refractivity contribution is 0.0649. The zero-order chi connectivity index (χ0) is 27.8. The second kappa shape index (κ2) is 8.74. The molecular weight excluding hydrogens is 519 g/mol. The molecule has 1 aliphatic heterocycles. The summed E-state index contributed by atoms with van der Waals surface area (Å²) >= 11 is 0. The van der Waals surface area contributed by atoms with Crippen LogP contribution in [0.15, 0.2) is 77.7 Å². The van der Waals surface area contributed by atoms with Gasteiger partial charge in [0.1, 0.15) is 18.0 Å². The normalized spacial score (nSPS) is 20.8. The summed E-state index contributed by atoms with van der Waals surface area (Å²) in [5.41, 5.74) is 1.60. The Balaban J connectivity index is 1.43. The van der Waals surface area contributed by atoms with Crippen molar-refractivity contribution < 1.29 is 23.1 Å². The average Bonchev–Trinajstić information content (AvgIpc) is 3.44. The van der Waals surface area contributed by atoms with Gasteiger partial charge in [0.25, 0.3) is 5.91 Å². The van der Waals surface area contributed by atoms with Gasteiger partial charge in [-0.15, -0.1) is 0 Å². The van der Waals surface area contributed by atoms with Gasteiger partial charge in [-0.05, 0) is 65.3 Å². The number of pyridine rings is 1. The predicted molar refractivity (Wildman–Crippen MR) is 141 cm³/mol. The van der Waals surface area contributed by atoms with Gasteiger partial charge >= 0.3 is 0 Å². The SMILES string of the molecule is O=C1c2c(O)c(=O)ccn2N(C23c4ccccc4CC2Cc2c3ccc(F)c2F)CN1CCc1cccc(F)c1. The molecule has 2 heterocycles. The van der Waals surface area contributed by atoms with Crippen molar-refractivity contribution in [3.05, 3.63) is 134 Å². The van der Waals surface area contributed by atoms with E-state index >= 15 is 4.39 Å². The molecule has 2 unspecified atom stereocenters. The van der Waals surface area contributed by atoms with Crippen molar-refractivity contribution in [2.24, 2.45) is 5.92 Å². The van der Waals surface area contributed by atoms with Gasteiger partial charge in [-0.1, -0.05) is 42.5 Å². The Hall–Kier alpha value is -4.53. The van der Waals surface area contributed by atoms with Gasteiger partial charge in [0, 0.05) is 24.7 Å². The van der Waals surface area contributed by atoms with Gasteiger partial charge in [-0.25, -0.2) is 13.2 Å². The molecule has 1 aromatic heterocycles. The first-order valence-electron chi connectivity index (χ1n) is 13.1. The van der Waals surface area contributed by atoms with Crippen LogP contribution in [0.25, 0.3) is 0 Å². The van der Waals surface area contributed by atoms with Crippen LogP contribution in [-0.4, -0.2) is 33.8 Å². The number of halogens is 3. The molecule has 202 valence electrons. The maximum absolute atomic E-state index is 15.2. The monoisotopic (exact) mass is 543 g/mol. The summed E-state index contributed by atoms with van der Waals surface area (Å²) in [7, 11) is 0. The lowest BCUT2D eigenvalue weighted by atomic mass is 9.81. The zero-order valence-electron chi connectivity index (χ0n) is 21.3. The molecule has 7 rings (SSSR count). The van der Waals surface area contributed by atoms with E-state index in [0.717, 1.165) is 17.2 Å². The van der Waals surface area contributed by atoms with E-state index in [4.69, 9.17) is 0 Å². The summed E-state index contributed by atoms with van der Waals surface area (Å²) in [5, 5.41) is 12.7. The highest BCUT2D eigenvalue weighted by atomic mass is 19.2. The predicted octanol–water partition coefficient (Wildman–Crippen LogP) is 4.24. The number of amides is 1. The Bertz CT molecular complexity index is 1770. The van der Waals surface area contributed by atoms with E-state index in [0.29, 0.717) is 24.0 Å². The number of hydrogen-bond acceptors (Lipinski definition) is 4. The van der Waals surface area contributed by atoms with Crippen LogP contribution in [-0.2, 0) is 24.8 Å². The van der Waals surface area contributed by atoms with Crippen LogP contribution in [0.4, 0.5) is 13.2 Å². The maximum Gasteiger partial charge on any atom is 0.277 e. The Morgan fingerprint density at radius 3 is 2.58 bits per heavy atom. The Kier molecular flexibility index (Phi) is 5.35. The molecule has 0 bridgehead atoms. The molecule has 1 N–H and O–H groups in total. The summed E-state index contributed by atoms with van der Waals surface area (Å²) in [5.74, 6) is -3.64. The van der Waals surface area contributed by atoms with Gasteiger partial charge < -0.3 is 10.0 Å². The highest BCUT2D eigenvalue weighted by molar-refractivity contribution is 5.96. The van der Waals surface area contributed by atoms with E-state index in [2.05, 4.69) is 0 Å². The fourth-order valence-electron chi connectivity index (χ4n) is 6.94. The summed E-state index contributed by atoms with van der Waals surface area (Å²) < 4.78 is 45.0. The Labute approximate surface area is 227 Å². The smallest absolute Gasteiger partial charge is 0.277 e. The molecule has 40 heavy (non-hydrogen) atoms. The quantitative estimate of drug-likeness (QED) is 0.419. The summed E-state index contributed by atoms with van der Waals surface area (Å²) in [6.07, 6.45) is 2.66. The highest BCUT2D eigenvalue weighted by Gasteiger charge is 2.59. The third kappa shape index (κ3) is 3.30. The van der Waals surface area contributed by atoms with Crippen molar-refractivity contribution in [1.82, 2.24) is 9.58 Å². The molecule has 0 fully saturated rings. The van der Waals surface area contributed by atoms with E-state index in [1.807, 2.05) is 29.3 Å². The Morgan fingerprint density at radius 1 is 0.925 bits per heavy atom. The van der Waals surface area contributed by atoms with Crippen LogP contribution < -0.4 is 10.4 Å². The number of carbonyl (C=O) groups is 1. The first kappa shape index (κ1) is 24.5. The van der Waals surface area contributed by atoms with Crippen molar-refractivity contribution in [2.45, 2.75) is 24.8 Å². The van der Waals surface area contributed by atoms with Gasteiger partial charge in [0.2, 0.25) is 5.43 Å². The number of benzene rings is 3. The standard InChI is InChI=1S/C31H24F3N3O3/c32-21-6-3-4-18(14-21)10-12-35-17-37(36-13-11-26(38)29(39)28(36)30(35)40)31-20(15-19-5-1-2-7-23(19)31)16-22-24(31)8-9-25(33)27(22)34/h1-9,11,13-14,20,39H,10,12,15-17H2. The number of fused-ring (bicyclic) bond motifs is 6. The molecule has 3 aliphatic rings. The van der Waals surface area contributed by atoms with Crippen LogP contribution in [0.5, 0.6) is 5.75 Å². The fraction of sp³-hybridized carbons (Fsp3) is 0.226. The van der Waals surface area contributed by atoms with Crippen LogP contribution in [0.2, 0.25) is 0 Å². The minimum absolute atomic E-state index is 0.0345. The first-order chi connectivity index (χ1) is 19.3. The molecule has 0 saturated heterocycles. The van der Waals surface area contributed by atoms with Crippen molar-refractivity contribution in [3.63, 3.8) is 0 Å². The van der Waals surface area contributed by atoms with Gasteiger partial charge in [0.05, 0.1) is 0 Å². The number of aromatic hydroxyl groups is 1. The van der Waals surface area contributed by atoms with Crippen LogP contribution in [0.3, 0.4) is 0 Å². The summed E-state index contributed by atoms with van der Waals surface area (Å²) in [6, 6.07) is 17.8. The third-order valence-corrected chi connectivity index (χ3v) is 8.62. The van der Waals surface area contributed by atoms with E-state index in [1.54, 1.807) is 18.2 Å². The number of hydrogen-bond donors (Lipinski definition) is 1. The third-order valence-electron chi connectivity index (χ3n) is 8.62. The molecule has 4 aromatic rings. The van der Waals surface area contributed by atoms with Crippen LogP contribution in [0.1, 0.15) is 38.3 Å². The molecule has 6 nitrogen and oxygen atoms in total. The van der Waals surface area contributed by atoms with E-state index in [-0.39, 0.29) is 42.6 Å². The molecule has 2 aliphatic carbocycles. The van der Waals surface area contributed by atoms with Crippen molar-refractivity contribution in [3.8, 4) is 5.75 Å². The maximum atomic E-state index is 15.2. The average molecular weight is 544 g/mol. The fourth-order valence-corrected chi connectivity index (χ4v) is 6.94.